The summed E-state index contributed by atoms with van der Waals surface area (Å²) in [5.74, 6) is 1.28. The number of hydrogen-bond donors (Lipinski definition) is 1. The van der Waals surface area contributed by atoms with Gasteiger partial charge in [-0.25, -0.2) is 0 Å². The molecule has 0 amide bonds. The first-order chi connectivity index (χ1) is 13.5. The van der Waals surface area contributed by atoms with Crippen molar-refractivity contribution in [3.63, 3.8) is 0 Å². The third kappa shape index (κ3) is 5.65. The molecule has 2 rings (SSSR count). The van der Waals surface area contributed by atoms with Crippen LogP contribution in [-0.2, 0) is 0 Å². The van der Waals surface area contributed by atoms with E-state index in [1.165, 1.54) is 42.7 Å². The maximum Gasteiger partial charge on any atom is 0.0364 e. The normalized spacial score (nSPS) is 26.0. The molecule has 0 saturated heterocycles. The summed E-state index contributed by atoms with van der Waals surface area (Å²) in [6, 6.07) is 0.688. The van der Waals surface area contributed by atoms with Crippen LogP contribution in [0.15, 0.2) is 59.1 Å². The second kappa shape index (κ2) is 11.3. The molecule has 0 bridgehead atoms. The molecule has 1 heterocycles. The molecule has 0 aromatic carbocycles. The van der Waals surface area contributed by atoms with Gasteiger partial charge in [-0.1, -0.05) is 44.2 Å². The molecule has 0 aromatic heterocycles. The van der Waals surface area contributed by atoms with E-state index in [4.69, 9.17) is 0 Å². The van der Waals surface area contributed by atoms with Gasteiger partial charge in [-0.15, -0.1) is 0 Å². The van der Waals surface area contributed by atoms with E-state index in [-0.39, 0.29) is 0 Å². The van der Waals surface area contributed by atoms with Crippen molar-refractivity contribution in [2.45, 2.75) is 85.6 Å². The molecule has 1 N–H and O–H groups in total. The summed E-state index contributed by atoms with van der Waals surface area (Å²) < 4.78 is 0. The van der Waals surface area contributed by atoms with Gasteiger partial charge in [0, 0.05) is 37.1 Å². The highest BCUT2D eigenvalue weighted by Crippen LogP contribution is 2.42. The number of hydrogen-bond acceptors (Lipinski definition) is 2. The second-order valence-corrected chi connectivity index (χ2v) is 8.40. The van der Waals surface area contributed by atoms with Crippen LogP contribution < -0.4 is 5.32 Å². The van der Waals surface area contributed by atoms with E-state index in [9.17, 15) is 0 Å². The molecule has 1 saturated carbocycles. The standard InChI is InChI=1S/C26H42N2/c1-7-10-12-13-22-18-24(17-20(4)21(5)25(9-3)27-6)28(19-22)26-16-15-23(26)14-11-8-2/h7-8,10-11,17,19-20,23,26-27H,9,12-16,18H2,1-6H3/b10-7-,11-8-,24-17+,25-21-. The summed E-state index contributed by atoms with van der Waals surface area (Å²) in [5, 5.41) is 3.40. The van der Waals surface area contributed by atoms with Gasteiger partial charge in [0.05, 0.1) is 0 Å². The lowest BCUT2D eigenvalue weighted by atomic mass is 9.76. The second-order valence-electron chi connectivity index (χ2n) is 8.40. The third-order valence-electron chi connectivity index (χ3n) is 6.60. The molecule has 28 heavy (non-hydrogen) atoms. The Hall–Kier alpha value is -1.70. The van der Waals surface area contributed by atoms with Crippen molar-refractivity contribution in [1.29, 1.82) is 0 Å². The van der Waals surface area contributed by atoms with E-state index in [0.717, 1.165) is 25.2 Å². The van der Waals surface area contributed by atoms with Crippen LogP contribution in [0.25, 0.3) is 0 Å². The highest BCUT2D eigenvalue weighted by molar-refractivity contribution is 5.30. The zero-order chi connectivity index (χ0) is 20.5. The molecular weight excluding hydrogens is 340 g/mol. The molecule has 0 spiro atoms. The molecule has 3 atom stereocenters. The fourth-order valence-electron chi connectivity index (χ4n) is 4.54. The summed E-state index contributed by atoms with van der Waals surface area (Å²) in [6.07, 6.45) is 22.5. The molecule has 2 aliphatic rings. The van der Waals surface area contributed by atoms with E-state index in [0.29, 0.717) is 12.0 Å². The highest BCUT2D eigenvalue weighted by atomic mass is 15.2. The minimum atomic E-state index is 0.470. The third-order valence-corrected chi connectivity index (χ3v) is 6.60. The topological polar surface area (TPSA) is 15.3 Å². The summed E-state index contributed by atoms with van der Waals surface area (Å²) in [5.41, 5.74) is 5.98. The van der Waals surface area contributed by atoms with Crippen LogP contribution in [0.5, 0.6) is 0 Å². The number of allylic oxidation sites excluding steroid dienone is 8. The van der Waals surface area contributed by atoms with E-state index in [1.54, 1.807) is 5.57 Å². The van der Waals surface area contributed by atoms with E-state index in [2.05, 4.69) is 81.4 Å². The molecule has 2 nitrogen and oxygen atoms in total. The SMILES string of the molecule is C/C=C\CCC1=CN(C2CCC2C/C=C\C)/C(=C/C(C)/C(C)=C(/CC)NC)C1. The van der Waals surface area contributed by atoms with Crippen molar-refractivity contribution < 1.29 is 0 Å². The summed E-state index contributed by atoms with van der Waals surface area (Å²) in [6.45, 7) is 11.1. The maximum absolute atomic E-state index is 3.40. The van der Waals surface area contributed by atoms with Crippen molar-refractivity contribution in [2.24, 2.45) is 11.8 Å². The Bertz CT molecular complexity index is 641. The van der Waals surface area contributed by atoms with Gasteiger partial charge >= 0.3 is 0 Å². The monoisotopic (exact) mass is 382 g/mol. The molecule has 1 aliphatic heterocycles. The van der Waals surface area contributed by atoms with Crippen LogP contribution in [0.1, 0.15) is 79.6 Å². The van der Waals surface area contributed by atoms with E-state index < -0.39 is 0 Å². The first kappa shape index (κ1) is 22.6. The first-order valence-electron chi connectivity index (χ1n) is 11.3. The maximum atomic E-state index is 3.40. The molecule has 1 aliphatic carbocycles. The van der Waals surface area contributed by atoms with Crippen molar-refractivity contribution >= 4 is 0 Å². The summed E-state index contributed by atoms with van der Waals surface area (Å²) in [7, 11) is 2.05. The van der Waals surface area contributed by atoms with Crippen molar-refractivity contribution in [3.8, 4) is 0 Å². The van der Waals surface area contributed by atoms with E-state index in [1.807, 2.05) is 7.05 Å². The van der Waals surface area contributed by atoms with Gasteiger partial charge in [0.1, 0.15) is 0 Å². The lowest BCUT2D eigenvalue weighted by molar-refractivity contribution is 0.133. The van der Waals surface area contributed by atoms with Gasteiger partial charge in [0.15, 0.2) is 0 Å². The predicted molar refractivity (Wildman–Crippen MR) is 124 cm³/mol. The summed E-state index contributed by atoms with van der Waals surface area (Å²) in [4.78, 5) is 2.65. The van der Waals surface area contributed by atoms with Gasteiger partial charge in [-0.3, -0.25) is 0 Å². The number of rotatable bonds is 10. The van der Waals surface area contributed by atoms with Crippen molar-refractivity contribution in [1.82, 2.24) is 10.2 Å². The molecule has 2 heteroatoms. The van der Waals surface area contributed by atoms with Crippen LogP contribution in [0, 0.1) is 11.8 Å². The first-order valence-corrected chi connectivity index (χ1v) is 11.3. The van der Waals surface area contributed by atoms with Crippen molar-refractivity contribution in [3.05, 3.63) is 59.1 Å². The quantitative estimate of drug-likeness (QED) is 0.405. The molecular formula is C26H42N2. The van der Waals surface area contributed by atoms with Gasteiger partial charge in [-0.05, 0) is 82.3 Å². The number of nitrogens with one attached hydrogen (secondary N) is 1. The van der Waals surface area contributed by atoms with Crippen LogP contribution in [0.2, 0.25) is 0 Å². The van der Waals surface area contributed by atoms with Gasteiger partial charge < -0.3 is 10.2 Å². The fourth-order valence-corrected chi connectivity index (χ4v) is 4.54. The van der Waals surface area contributed by atoms with Gasteiger partial charge in [0.25, 0.3) is 0 Å². The van der Waals surface area contributed by atoms with Crippen LogP contribution in [0.4, 0.5) is 0 Å². The Morgan fingerprint density at radius 3 is 2.57 bits per heavy atom. The zero-order valence-corrected chi connectivity index (χ0v) is 19.1. The fraction of sp³-hybridized carbons (Fsp3) is 0.615. The Morgan fingerprint density at radius 1 is 1.25 bits per heavy atom. The lowest BCUT2D eigenvalue weighted by Crippen LogP contribution is -2.42. The minimum Gasteiger partial charge on any atom is -0.391 e. The lowest BCUT2D eigenvalue weighted by Gasteiger charge is -2.43. The smallest absolute Gasteiger partial charge is 0.0364 e. The average Bonchev–Trinajstić information content (AvgIpc) is 3.04. The Labute approximate surface area is 174 Å². The summed E-state index contributed by atoms with van der Waals surface area (Å²) >= 11 is 0. The highest BCUT2D eigenvalue weighted by Gasteiger charge is 2.37. The Balaban J connectivity index is 2.21. The van der Waals surface area contributed by atoms with Crippen LogP contribution >= 0.6 is 0 Å². The molecule has 0 radical (unpaired) electrons. The molecule has 3 unspecified atom stereocenters. The number of nitrogens with zero attached hydrogens (tertiary/aromatic N) is 1. The van der Waals surface area contributed by atoms with Gasteiger partial charge in [0.2, 0.25) is 0 Å². The van der Waals surface area contributed by atoms with Crippen LogP contribution in [0.3, 0.4) is 0 Å². The Morgan fingerprint density at radius 2 is 2.00 bits per heavy atom. The van der Waals surface area contributed by atoms with Crippen LogP contribution in [-0.4, -0.2) is 18.0 Å². The zero-order valence-electron chi connectivity index (χ0n) is 19.1. The molecule has 156 valence electrons. The molecule has 1 fully saturated rings. The predicted octanol–water partition coefficient (Wildman–Crippen LogP) is 7.10. The molecule has 0 aromatic rings. The van der Waals surface area contributed by atoms with Gasteiger partial charge in [-0.2, -0.15) is 0 Å². The Kier molecular flexibility index (Phi) is 9.15. The average molecular weight is 383 g/mol. The minimum absolute atomic E-state index is 0.470. The largest absolute Gasteiger partial charge is 0.391 e. The van der Waals surface area contributed by atoms with Crippen molar-refractivity contribution in [2.75, 3.05) is 7.05 Å². The van der Waals surface area contributed by atoms with E-state index >= 15 is 0 Å².